The third kappa shape index (κ3) is 3.70. The Hall–Kier alpha value is -2.81. The van der Waals surface area contributed by atoms with Gasteiger partial charge in [-0.3, -0.25) is 9.36 Å². The average molecular weight is 488 g/mol. The highest BCUT2D eigenvalue weighted by Gasteiger charge is 2.49. The average Bonchev–Trinajstić information content (AvgIpc) is 3.41. The van der Waals surface area contributed by atoms with Crippen molar-refractivity contribution in [3.8, 4) is 0 Å². The van der Waals surface area contributed by atoms with E-state index < -0.39 is 17.3 Å². The van der Waals surface area contributed by atoms with E-state index in [1.165, 1.54) is 18.4 Å². The Kier molecular flexibility index (Phi) is 5.50. The summed E-state index contributed by atoms with van der Waals surface area (Å²) in [5, 5.41) is 5.72. The predicted molar refractivity (Wildman–Crippen MR) is 128 cm³/mol. The summed E-state index contributed by atoms with van der Waals surface area (Å²) in [5.74, 6) is -2.42. The summed E-state index contributed by atoms with van der Waals surface area (Å²) in [6.07, 6.45) is 0.998. The molecule has 6 nitrogen and oxygen atoms in total. The van der Waals surface area contributed by atoms with Crippen LogP contribution in [0.25, 0.3) is 10.9 Å². The first-order chi connectivity index (χ1) is 16.1. The van der Waals surface area contributed by atoms with E-state index in [4.69, 9.17) is 9.72 Å². The molecule has 34 heavy (non-hydrogen) atoms. The van der Waals surface area contributed by atoms with Crippen molar-refractivity contribution in [3.05, 3.63) is 55.8 Å². The van der Waals surface area contributed by atoms with E-state index >= 15 is 0 Å². The molecule has 180 valence electrons. The van der Waals surface area contributed by atoms with Gasteiger partial charge in [-0.2, -0.15) is 0 Å². The first-order valence-corrected chi connectivity index (χ1v) is 12.4. The topological polar surface area (TPSA) is 73.2 Å². The number of thiophene rings is 1. The second-order valence-corrected chi connectivity index (χ2v) is 10.5. The van der Waals surface area contributed by atoms with Crippen LogP contribution in [-0.2, 0) is 16.7 Å². The summed E-state index contributed by atoms with van der Waals surface area (Å²) in [6.45, 7) is 4.40. The first-order valence-electron chi connectivity index (χ1n) is 11.5. The summed E-state index contributed by atoms with van der Waals surface area (Å²) < 4.78 is 34.4. The van der Waals surface area contributed by atoms with Gasteiger partial charge in [0.2, 0.25) is 5.92 Å². The highest BCUT2D eigenvalue weighted by atomic mass is 32.1. The van der Waals surface area contributed by atoms with Crippen molar-refractivity contribution in [3.63, 3.8) is 0 Å². The number of aryl methyl sites for hydroxylation is 1. The Balaban J connectivity index is 1.60. The van der Waals surface area contributed by atoms with Crippen molar-refractivity contribution in [2.24, 2.45) is 0 Å². The zero-order valence-electron chi connectivity index (χ0n) is 19.4. The van der Waals surface area contributed by atoms with Crippen LogP contribution >= 0.6 is 11.3 Å². The number of carbonyl (C=O) groups is 1. The highest BCUT2D eigenvalue weighted by molar-refractivity contribution is 7.12. The van der Waals surface area contributed by atoms with Gasteiger partial charge in [-0.25, -0.2) is 18.6 Å². The molecule has 1 atom stereocenters. The smallest absolute Gasteiger partial charge is 0.350 e. The normalized spacial score (nSPS) is 19.2. The summed E-state index contributed by atoms with van der Waals surface area (Å²) in [7, 11) is 1.35. The molecule has 0 radical (unpaired) electrons. The van der Waals surface area contributed by atoms with Crippen LogP contribution in [0, 0.1) is 6.92 Å². The van der Waals surface area contributed by atoms with Gasteiger partial charge in [0.1, 0.15) is 10.7 Å². The maximum atomic E-state index is 13.9. The number of esters is 1. The second-order valence-electron chi connectivity index (χ2n) is 9.55. The Labute approximate surface area is 200 Å². The van der Waals surface area contributed by atoms with Crippen molar-refractivity contribution in [1.82, 2.24) is 9.55 Å². The number of alkyl halides is 2. The maximum Gasteiger partial charge on any atom is 0.350 e. The van der Waals surface area contributed by atoms with Gasteiger partial charge in [-0.15, -0.1) is 11.3 Å². The third-order valence-corrected chi connectivity index (χ3v) is 8.23. The van der Waals surface area contributed by atoms with Crippen molar-refractivity contribution in [1.29, 1.82) is 0 Å². The molecule has 3 heterocycles. The van der Waals surface area contributed by atoms with E-state index in [0.29, 0.717) is 53.1 Å². The Morgan fingerprint density at radius 3 is 2.68 bits per heavy atom. The van der Waals surface area contributed by atoms with E-state index in [9.17, 15) is 18.4 Å². The van der Waals surface area contributed by atoms with E-state index in [1.54, 1.807) is 4.57 Å². The van der Waals surface area contributed by atoms with Crippen LogP contribution in [0.1, 0.15) is 71.7 Å². The summed E-state index contributed by atoms with van der Waals surface area (Å²) in [6, 6.07) is 5.40. The number of halogens is 2. The number of aromatic nitrogens is 2. The number of hydrogen-bond acceptors (Lipinski definition) is 6. The van der Waals surface area contributed by atoms with Gasteiger partial charge in [0.15, 0.2) is 0 Å². The molecule has 2 aliphatic rings. The van der Waals surface area contributed by atoms with Gasteiger partial charge in [-0.05, 0) is 56.2 Å². The molecule has 0 bridgehead atoms. The molecule has 1 saturated carbocycles. The molecule has 0 unspecified atom stereocenters. The highest BCUT2D eigenvalue weighted by Crippen LogP contribution is 2.49. The van der Waals surface area contributed by atoms with Crippen LogP contribution in [0.5, 0.6) is 0 Å². The lowest BCUT2D eigenvalue weighted by molar-refractivity contribution is -0.0523. The number of nitrogens with one attached hydrogen (secondary N) is 1. The van der Waals surface area contributed by atoms with E-state index in [-0.39, 0.29) is 24.4 Å². The lowest BCUT2D eigenvalue weighted by Gasteiger charge is -2.36. The Bertz CT molecular complexity index is 1340. The molecule has 9 heteroatoms. The first kappa shape index (κ1) is 23.0. The number of hydrogen-bond donors (Lipinski definition) is 1. The van der Waals surface area contributed by atoms with Gasteiger partial charge < -0.3 is 10.1 Å². The summed E-state index contributed by atoms with van der Waals surface area (Å²) in [5.41, 5.74) is 2.43. The van der Waals surface area contributed by atoms with Crippen molar-refractivity contribution in [2.45, 2.75) is 69.9 Å². The molecule has 3 aromatic rings. The van der Waals surface area contributed by atoms with Crippen LogP contribution in [0.3, 0.4) is 0 Å². The number of nitrogens with zero attached hydrogens (tertiary/aromatic N) is 2. The minimum Gasteiger partial charge on any atom is -0.465 e. The number of benzene rings is 1. The number of rotatable bonds is 4. The molecule has 2 aromatic heterocycles. The van der Waals surface area contributed by atoms with Gasteiger partial charge in [-0.1, -0.05) is 6.07 Å². The van der Waals surface area contributed by atoms with E-state index in [0.717, 1.165) is 11.1 Å². The predicted octanol–water partition coefficient (Wildman–Crippen LogP) is 5.58. The fraction of sp³-hybridized carbons (Fsp3) is 0.480. The number of carbonyl (C=O) groups excluding carboxylic acids is 1. The monoisotopic (exact) mass is 487 g/mol. The summed E-state index contributed by atoms with van der Waals surface area (Å²) in [4.78, 5) is 31.1. The molecule has 0 amide bonds. The maximum absolute atomic E-state index is 13.9. The molecule has 5 rings (SSSR count). The SMILES string of the molecule is COC(=O)c1sccc1N[C@H](C)c1cc(C)cc2c(=O)n3c(nc12)C1(CC3)CCC(F)(F)CC1. The van der Waals surface area contributed by atoms with Crippen molar-refractivity contribution < 1.29 is 18.3 Å². The van der Waals surface area contributed by atoms with Crippen LogP contribution in [0.2, 0.25) is 0 Å². The molecule has 1 spiro atoms. The molecule has 1 fully saturated rings. The van der Waals surface area contributed by atoms with Crippen LogP contribution < -0.4 is 10.9 Å². The zero-order chi connectivity index (χ0) is 24.3. The molecular formula is C25H27F2N3O3S. The third-order valence-electron chi connectivity index (χ3n) is 7.33. The molecule has 1 aromatic carbocycles. The number of anilines is 1. The Morgan fingerprint density at radius 2 is 1.97 bits per heavy atom. The molecule has 1 aliphatic carbocycles. The van der Waals surface area contributed by atoms with Crippen molar-refractivity contribution >= 4 is 33.9 Å². The summed E-state index contributed by atoms with van der Waals surface area (Å²) >= 11 is 1.29. The lowest BCUT2D eigenvalue weighted by atomic mass is 9.71. The van der Waals surface area contributed by atoms with Crippen LogP contribution in [0.4, 0.5) is 14.5 Å². The lowest BCUT2D eigenvalue weighted by Crippen LogP contribution is -2.37. The largest absolute Gasteiger partial charge is 0.465 e. The molecule has 0 saturated heterocycles. The van der Waals surface area contributed by atoms with Gasteiger partial charge in [0.25, 0.3) is 5.56 Å². The van der Waals surface area contributed by atoms with Crippen LogP contribution in [0.15, 0.2) is 28.4 Å². The molecular weight excluding hydrogens is 460 g/mol. The minimum atomic E-state index is -2.64. The van der Waals surface area contributed by atoms with Gasteiger partial charge >= 0.3 is 5.97 Å². The number of ether oxygens (including phenoxy) is 1. The fourth-order valence-corrected chi connectivity index (χ4v) is 6.21. The van der Waals surface area contributed by atoms with E-state index in [2.05, 4.69) is 5.32 Å². The standard InChI is InChI=1S/C25H27F2N3O3S/c1-14-12-16(15(2)28-18-4-11-34-20(18)22(32)33-3)19-17(13-14)21(31)30-10-9-24(23(30)29-19)5-7-25(26,27)8-6-24/h4,11-13,15,28H,5-10H2,1-3H3/t15-/m1/s1. The van der Waals surface area contributed by atoms with E-state index in [1.807, 2.05) is 37.4 Å². The molecule has 1 aliphatic heterocycles. The zero-order valence-corrected chi connectivity index (χ0v) is 20.2. The van der Waals surface area contributed by atoms with Gasteiger partial charge in [0.05, 0.1) is 29.7 Å². The van der Waals surface area contributed by atoms with Crippen molar-refractivity contribution in [2.75, 3.05) is 12.4 Å². The quantitative estimate of drug-likeness (QED) is 0.487. The van der Waals surface area contributed by atoms with Gasteiger partial charge in [0, 0.05) is 30.4 Å². The number of methoxy groups -OCH3 is 1. The van der Waals surface area contributed by atoms with Crippen LogP contribution in [-0.4, -0.2) is 28.6 Å². The number of fused-ring (bicyclic) bond motifs is 3. The second kappa shape index (κ2) is 8.15. The Morgan fingerprint density at radius 1 is 1.24 bits per heavy atom. The minimum absolute atomic E-state index is 0.114. The molecule has 1 N–H and O–H groups in total. The fourth-order valence-electron chi connectivity index (χ4n) is 5.44.